The first kappa shape index (κ1) is 16.6. The van der Waals surface area contributed by atoms with Gasteiger partial charge in [0.2, 0.25) is 5.91 Å². The van der Waals surface area contributed by atoms with Crippen LogP contribution in [0, 0.1) is 5.82 Å². The second-order valence-corrected chi connectivity index (χ2v) is 5.90. The van der Waals surface area contributed by atoms with Crippen molar-refractivity contribution >= 4 is 5.91 Å². The average Bonchev–Trinajstić information content (AvgIpc) is 2.37. The molecule has 0 aliphatic heterocycles. The van der Waals surface area contributed by atoms with Crippen molar-refractivity contribution in [3.8, 4) is 0 Å². The first-order valence-electron chi connectivity index (χ1n) is 7.08. The molecule has 0 saturated carbocycles. The molecule has 0 fully saturated rings. The summed E-state index contributed by atoms with van der Waals surface area (Å²) in [4.78, 5) is 14.1. The standard InChI is InChI=1S/C16H25FN2O/c1-5-19(15(20)10-11-16(3,4)18)12(2)13-6-8-14(17)9-7-13/h6-9,12H,5,10-11,18H2,1-4H3. The van der Waals surface area contributed by atoms with Crippen molar-refractivity contribution < 1.29 is 9.18 Å². The third kappa shape index (κ3) is 4.93. The summed E-state index contributed by atoms with van der Waals surface area (Å²) in [5.74, 6) is -0.178. The SMILES string of the molecule is CCN(C(=O)CCC(C)(C)N)C(C)c1ccc(F)cc1. The molecule has 0 aliphatic carbocycles. The monoisotopic (exact) mass is 280 g/mol. The fraction of sp³-hybridized carbons (Fsp3) is 0.562. The van der Waals surface area contributed by atoms with Gasteiger partial charge in [0.1, 0.15) is 5.82 Å². The molecule has 0 spiro atoms. The van der Waals surface area contributed by atoms with Crippen LogP contribution >= 0.6 is 0 Å². The Morgan fingerprint density at radius 2 is 1.90 bits per heavy atom. The van der Waals surface area contributed by atoms with Gasteiger partial charge in [-0.2, -0.15) is 0 Å². The molecular formula is C16H25FN2O. The number of carbonyl (C=O) groups excluding carboxylic acids is 1. The van der Waals surface area contributed by atoms with Gasteiger partial charge < -0.3 is 10.6 Å². The van der Waals surface area contributed by atoms with Crippen molar-refractivity contribution in [1.29, 1.82) is 0 Å². The third-order valence-corrected chi connectivity index (χ3v) is 3.46. The molecule has 0 aliphatic rings. The summed E-state index contributed by atoms with van der Waals surface area (Å²) in [6.07, 6.45) is 1.08. The Morgan fingerprint density at radius 3 is 2.35 bits per heavy atom. The number of nitrogens with zero attached hydrogens (tertiary/aromatic N) is 1. The van der Waals surface area contributed by atoms with Gasteiger partial charge in [0, 0.05) is 18.5 Å². The number of nitrogens with two attached hydrogens (primary N) is 1. The second-order valence-electron chi connectivity index (χ2n) is 5.90. The largest absolute Gasteiger partial charge is 0.336 e. The molecule has 1 amide bonds. The van der Waals surface area contributed by atoms with E-state index in [4.69, 9.17) is 5.73 Å². The predicted octanol–water partition coefficient (Wildman–Crippen LogP) is 3.25. The first-order valence-corrected chi connectivity index (χ1v) is 7.08. The van der Waals surface area contributed by atoms with Crippen LogP contribution in [0.5, 0.6) is 0 Å². The van der Waals surface area contributed by atoms with Crippen LogP contribution in [0.15, 0.2) is 24.3 Å². The van der Waals surface area contributed by atoms with E-state index < -0.39 is 0 Å². The molecule has 4 heteroatoms. The van der Waals surface area contributed by atoms with Crippen LogP contribution < -0.4 is 5.73 Å². The Hall–Kier alpha value is -1.42. The number of halogens is 1. The quantitative estimate of drug-likeness (QED) is 0.869. The van der Waals surface area contributed by atoms with Crippen LogP contribution in [0.25, 0.3) is 0 Å². The van der Waals surface area contributed by atoms with Gasteiger partial charge in [0.15, 0.2) is 0 Å². The van der Waals surface area contributed by atoms with Crippen LogP contribution in [0.2, 0.25) is 0 Å². The van der Waals surface area contributed by atoms with Crippen molar-refractivity contribution in [2.24, 2.45) is 5.73 Å². The van der Waals surface area contributed by atoms with Gasteiger partial charge in [0.05, 0.1) is 6.04 Å². The van der Waals surface area contributed by atoms with E-state index in [1.54, 1.807) is 17.0 Å². The lowest BCUT2D eigenvalue weighted by Gasteiger charge is -2.29. The summed E-state index contributed by atoms with van der Waals surface area (Å²) in [6.45, 7) is 8.37. The van der Waals surface area contributed by atoms with Crippen molar-refractivity contribution in [2.45, 2.75) is 52.1 Å². The molecule has 1 unspecified atom stereocenters. The molecule has 0 heterocycles. The Balaban J connectivity index is 2.74. The van der Waals surface area contributed by atoms with Crippen molar-refractivity contribution in [1.82, 2.24) is 4.90 Å². The van der Waals surface area contributed by atoms with E-state index in [1.807, 2.05) is 27.7 Å². The Morgan fingerprint density at radius 1 is 1.35 bits per heavy atom. The van der Waals surface area contributed by atoms with Crippen LogP contribution in [-0.2, 0) is 4.79 Å². The van der Waals surface area contributed by atoms with Gasteiger partial charge in [-0.05, 0) is 51.8 Å². The lowest BCUT2D eigenvalue weighted by molar-refractivity contribution is -0.133. The van der Waals surface area contributed by atoms with Crippen molar-refractivity contribution in [2.75, 3.05) is 6.54 Å². The predicted molar refractivity (Wildman–Crippen MR) is 79.7 cm³/mol. The maximum absolute atomic E-state index is 12.9. The number of benzene rings is 1. The van der Waals surface area contributed by atoms with Gasteiger partial charge in [0.25, 0.3) is 0 Å². The topological polar surface area (TPSA) is 46.3 Å². The number of carbonyl (C=O) groups is 1. The zero-order valence-electron chi connectivity index (χ0n) is 12.8. The lowest BCUT2D eigenvalue weighted by atomic mass is 9.99. The van der Waals surface area contributed by atoms with Crippen molar-refractivity contribution in [3.05, 3.63) is 35.6 Å². The third-order valence-electron chi connectivity index (χ3n) is 3.46. The summed E-state index contributed by atoms with van der Waals surface area (Å²) < 4.78 is 12.9. The Labute approximate surface area is 121 Å². The summed E-state index contributed by atoms with van der Waals surface area (Å²) in [7, 11) is 0. The molecule has 0 radical (unpaired) electrons. The normalized spacial score (nSPS) is 13.1. The Bertz CT molecular complexity index is 437. The molecule has 1 aromatic carbocycles. The van der Waals surface area contributed by atoms with Crippen LogP contribution in [0.4, 0.5) is 4.39 Å². The van der Waals surface area contributed by atoms with Crippen LogP contribution in [-0.4, -0.2) is 22.9 Å². The van der Waals surface area contributed by atoms with E-state index in [-0.39, 0.29) is 23.3 Å². The van der Waals surface area contributed by atoms with Gasteiger partial charge in [-0.15, -0.1) is 0 Å². The minimum Gasteiger partial charge on any atom is -0.336 e. The summed E-state index contributed by atoms with van der Waals surface area (Å²) in [6, 6.07) is 6.24. The molecule has 0 aromatic heterocycles. The molecule has 1 atom stereocenters. The smallest absolute Gasteiger partial charge is 0.223 e. The minimum absolute atomic E-state index is 0.0611. The van der Waals surface area contributed by atoms with E-state index >= 15 is 0 Å². The lowest BCUT2D eigenvalue weighted by Crippen LogP contribution is -2.37. The minimum atomic E-state index is -0.339. The van der Waals surface area contributed by atoms with E-state index in [2.05, 4.69) is 0 Å². The van der Waals surface area contributed by atoms with E-state index in [9.17, 15) is 9.18 Å². The average molecular weight is 280 g/mol. The van der Waals surface area contributed by atoms with E-state index in [1.165, 1.54) is 12.1 Å². The maximum atomic E-state index is 12.9. The highest BCUT2D eigenvalue weighted by molar-refractivity contribution is 5.76. The molecule has 0 bridgehead atoms. The molecule has 20 heavy (non-hydrogen) atoms. The fourth-order valence-electron chi connectivity index (χ4n) is 2.16. The zero-order chi connectivity index (χ0) is 15.3. The molecule has 3 nitrogen and oxygen atoms in total. The maximum Gasteiger partial charge on any atom is 0.223 e. The van der Waals surface area contributed by atoms with Gasteiger partial charge in [-0.1, -0.05) is 12.1 Å². The number of hydrogen-bond donors (Lipinski definition) is 1. The highest BCUT2D eigenvalue weighted by Crippen LogP contribution is 2.22. The number of rotatable bonds is 6. The van der Waals surface area contributed by atoms with Crippen LogP contribution in [0.3, 0.4) is 0 Å². The molecule has 2 N–H and O–H groups in total. The van der Waals surface area contributed by atoms with Crippen LogP contribution in [0.1, 0.15) is 52.1 Å². The highest BCUT2D eigenvalue weighted by Gasteiger charge is 2.22. The first-order chi connectivity index (χ1) is 9.24. The van der Waals surface area contributed by atoms with Gasteiger partial charge in [-0.25, -0.2) is 4.39 Å². The summed E-state index contributed by atoms with van der Waals surface area (Å²) in [5.41, 5.74) is 6.52. The van der Waals surface area contributed by atoms with E-state index in [0.29, 0.717) is 19.4 Å². The number of amides is 1. The van der Waals surface area contributed by atoms with Gasteiger partial charge in [-0.3, -0.25) is 4.79 Å². The zero-order valence-corrected chi connectivity index (χ0v) is 12.8. The molecular weight excluding hydrogens is 255 g/mol. The summed E-state index contributed by atoms with van der Waals surface area (Å²) >= 11 is 0. The highest BCUT2D eigenvalue weighted by atomic mass is 19.1. The molecule has 1 aromatic rings. The Kier molecular flexibility index (Phi) is 5.69. The molecule has 1 rings (SSSR count). The fourth-order valence-corrected chi connectivity index (χ4v) is 2.16. The van der Waals surface area contributed by atoms with Gasteiger partial charge >= 0.3 is 0 Å². The second kappa shape index (κ2) is 6.84. The number of hydrogen-bond acceptors (Lipinski definition) is 2. The van der Waals surface area contributed by atoms with Crippen molar-refractivity contribution in [3.63, 3.8) is 0 Å². The summed E-state index contributed by atoms with van der Waals surface area (Å²) in [5, 5.41) is 0. The van der Waals surface area contributed by atoms with E-state index in [0.717, 1.165) is 5.56 Å². The molecule has 112 valence electrons. The molecule has 0 saturated heterocycles.